The monoisotopic (exact) mass is 427 g/mol. The molecule has 7 aromatic rings. The van der Waals surface area contributed by atoms with Gasteiger partial charge in [0.25, 0.3) is 0 Å². The first-order chi connectivity index (χ1) is 16.1. The fraction of sp³-hybridized carbons (Fsp3) is 0.100. The lowest BCUT2D eigenvalue weighted by Crippen LogP contribution is -1.88. The fourth-order valence-corrected chi connectivity index (χ4v) is 5.01. The first kappa shape index (κ1) is 18.5. The van der Waals surface area contributed by atoms with Crippen molar-refractivity contribution in [1.82, 2.24) is 4.98 Å². The number of nitrogens with zero attached hydrogens (tertiary/aromatic N) is 1. The Labute approximate surface area is 190 Å². The maximum Gasteiger partial charge on any atom is 0.162 e. The second-order valence-corrected chi connectivity index (χ2v) is 8.98. The highest BCUT2D eigenvalue weighted by molar-refractivity contribution is 6.21. The van der Waals surface area contributed by atoms with E-state index in [4.69, 9.17) is 13.8 Å². The quantitative estimate of drug-likeness (QED) is 0.263. The molecule has 0 atom stereocenters. The molecule has 3 heterocycles. The average molecular weight is 428 g/mol. The molecule has 0 saturated heterocycles. The minimum Gasteiger partial charge on any atom is -0.456 e. The molecular weight excluding hydrogens is 406 g/mol. The predicted molar refractivity (Wildman–Crippen MR) is 136 cm³/mol. The zero-order chi connectivity index (χ0) is 22.3. The standard InChI is InChI=1S/C30H21NO2/c1-16-8-11-21-24(14-16)31-28(30-27(21)22-6-4-5-7-25(22)33-30)19-10-13-26-23(15-19)20-12-9-17(2)18(3)29(20)32-26/h4-15H,1-3H3. The number of hydrogen-bond acceptors (Lipinski definition) is 3. The molecule has 0 amide bonds. The van der Waals surface area contributed by atoms with Crippen molar-refractivity contribution in [3.8, 4) is 11.3 Å². The Kier molecular flexibility index (Phi) is 3.61. The molecule has 0 bridgehead atoms. The van der Waals surface area contributed by atoms with Gasteiger partial charge >= 0.3 is 0 Å². The van der Waals surface area contributed by atoms with Gasteiger partial charge in [0.05, 0.1) is 5.52 Å². The molecule has 0 unspecified atom stereocenters. The molecule has 3 heteroatoms. The highest BCUT2D eigenvalue weighted by Gasteiger charge is 2.19. The topological polar surface area (TPSA) is 39.2 Å². The molecule has 4 aromatic carbocycles. The van der Waals surface area contributed by atoms with Crippen molar-refractivity contribution in [3.05, 3.63) is 89.5 Å². The number of benzene rings is 4. The maximum absolute atomic E-state index is 6.41. The Hall–Kier alpha value is -4.11. The molecule has 0 N–H and O–H groups in total. The SMILES string of the molecule is Cc1ccc2c(c1)nc(-c1ccc3oc4c(C)c(C)ccc4c3c1)c1oc3ccccc3c12. The van der Waals surface area contributed by atoms with E-state index in [9.17, 15) is 0 Å². The summed E-state index contributed by atoms with van der Waals surface area (Å²) < 4.78 is 12.6. The van der Waals surface area contributed by atoms with Gasteiger partial charge in [-0.1, -0.05) is 42.5 Å². The summed E-state index contributed by atoms with van der Waals surface area (Å²) in [6.45, 7) is 6.34. The third-order valence-corrected chi connectivity index (χ3v) is 6.90. The van der Waals surface area contributed by atoms with E-state index in [0.717, 1.165) is 66.0 Å². The van der Waals surface area contributed by atoms with Crippen LogP contribution >= 0.6 is 0 Å². The summed E-state index contributed by atoms with van der Waals surface area (Å²) in [5.74, 6) is 0. The second-order valence-electron chi connectivity index (χ2n) is 8.98. The van der Waals surface area contributed by atoms with E-state index in [2.05, 4.69) is 81.4 Å². The second kappa shape index (κ2) is 6.46. The Morgan fingerprint density at radius 3 is 2.33 bits per heavy atom. The highest BCUT2D eigenvalue weighted by atomic mass is 16.3. The highest BCUT2D eigenvalue weighted by Crippen LogP contribution is 2.41. The first-order valence-corrected chi connectivity index (χ1v) is 11.2. The molecule has 0 saturated carbocycles. The van der Waals surface area contributed by atoms with Crippen LogP contribution in [0.15, 0.2) is 81.6 Å². The molecule has 0 aliphatic rings. The van der Waals surface area contributed by atoms with Crippen molar-refractivity contribution in [2.75, 3.05) is 0 Å². The number of fused-ring (bicyclic) bond motifs is 8. The lowest BCUT2D eigenvalue weighted by atomic mass is 10.0. The van der Waals surface area contributed by atoms with E-state index in [0.29, 0.717) is 0 Å². The van der Waals surface area contributed by atoms with Gasteiger partial charge in [-0.15, -0.1) is 0 Å². The van der Waals surface area contributed by atoms with Crippen molar-refractivity contribution >= 4 is 54.8 Å². The van der Waals surface area contributed by atoms with Gasteiger partial charge in [0.2, 0.25) is 0 Å². The number of furan rings is 2. The Morgan fingerprint density at radius 2 is 1.42 bits per heavy atom. The van der Waals surface area contributed by atoms with E-state index in [1.54, 1.807) is 0 Å². The van der Waals surface area contributed by atoms with E-state index in [1.807, 2.05) is 12.1 Å². The van der Waals surface area contributed by atoms with E-state index in [-0.39, 0.29) is 0 Å². The fourth-order valence-electron chi connectivity index (χ4n) is 5.01. The summed E-state index contributed by atoms with van der Waals surface area (Å²) in [5.41, 5.74) is 10.0. The van der Waals surface area contributed by atoms with Gasteiger partial charge < -0.3 is 8.83 Å². The Bertz CT molecular complexity index is 1900. The number of hydrogen-bond donors (Lipinski definition) is 0. The number of pyridine rings is 1. The van der Waals surface area contributed by atoms with Crippen molar-refractivity contribution in [2.24, 2.45) is 0 Å². The van der Waals surface area contributed by atoms with Crippen molar-refractivity contribution in [2.45, 2.75) is 20.8 Å². The van der Waals surface area contributed by atoms with Crippen LogP contribution in [0, 0.1) is 20.8 Å². The number of rotatable bonds is 1. The van der Waals surface area contributed by atoms with E-state index in [1.165, 1.54) is 16.7 Å². The molecule has 0 spiro atoms. The Balaban J connectivity index is 1.61. The van der Waals surface area contributed by atoms with Gasteiger partial charge in [0.1, 0.15) is 22.4 Å². The first-order valence-electron chi connectivity index (χ1n) is 11.2. The summed E-state index contributed by atoms with van der Waals surface area (Å²) in [7, 11) is 0. The van der Waals surface area contributed by atoms with E-state index < -0.39 is 0 Å². The smallest absolute Gasteiger partial charge is 0.162 e. The van der Waals surface area contributed by atoms with Gasteiger partial charge in [-0.3, -0.25) is 0 Å². The van der Waals surface area contributed by atoms with Crippen molar-refractivity contribution in [1.29, 1.82) is 0 Å². The van der Waals surface area contributed by atoms with Crippen LogP contribution in [0.2, 0.25) is 0 Å². The zero-order valence-electron chi connectivity index (χ0n) is 18.7. The largest absolute Gasteiger partial charge is 0.456 e. The molecule has 3 aromatic heterocycles. The molecular formula is C30H21NO2. The molecule has 0 radical (unpaired) electrons. The van der Waals surface area contributed by atoms with Crippen LogP contribution in [0.5, 0.6) is 0 Å². The van der Waals surface area contributed by atoms with Crippen LogP contribution in [-0.4, -0.2) is 4.98 Å². The van der Waals surface area contributed by atoms with Gasteiger partial charge in [0.15, 0.2) is 5.58 Å². The zero-order valence-corrected chi connectivity index (χ0v) is 18.7. The number of aryl methyl sites for hydroxylation is 3. The molecule has 0 fully saturated rings. The summed E-state index contributed by atoms with van der Waals surface area (Å²) in [5, 5.41) is 5.58. The van der Waals surface area contributed by atoms with Crippen LogP contribution in [-0.2, 0) is 0 Å². The van der Waals surface area contributed by atoms with Gasteiger partial charge in [0, 0.05) is 32.5 Å². The van der Waals surface area contributed by atoms with Gasteiger partial charge in [-0.05, 0) is 67.8 Å². The summed E-state index contributed by atoms with van der Waals surface area (Å²) in [4.78, 5) is 5.11. The van der Waals surface area contributed by atoms with Crippen LogP contribution < -0.4 is 0 Å². The summed E-state index contributed by atoms with van der Waals surface area (Å²) in [6, 6.07) is 25.3. The van der Waals surface area contributed by atoms with Gasteiger partial charge in [-0.25, -0.2) is 4.98 Å². The lowest BCUT2D eigenvalue weighted by Gasteiger charge is -2.07. The van der Waals surface area contributed by atoms with Crippen LogP contribution in [0.25, 0.3) is 66.0 Å². The number of para-hydroxylation sites is 1. The molecule has 7 rings (SSSR count). The molecule has 0 aliphatic carbocycles. The van der Waals surface area contributed by atoms with Crippen molar-refractivity contribution in [3.63, 3.8) is 0 Å². The third-order valence-electron chi connectivity index (χ3n) is 6.90. The number of aromatic nitrogens is 1. The molecule has 158 valence electrons. The van der Waals surface area contributed by atoms with E-state index >= 15 is 0 Å². The normalized spacial score (nSPS) is 12.1. The molecule has 3 nitrogen and oxygen atoms in total. The Morgan fingerprint density at radius 1 is 0.636 bits per heavy atom. The van der Waals surface area contributed by atoms with Crippen LogP contribution in [0.1, 0.15) is 16.7 Å². The lowest BCUT2D eigenvalue weighted by molar-refractivity contribution is 0.665. The summed E-state index contributed by atoms with van der Waals surface area (Å²) >= 11 is 0. The minimum absolute atomic E-state index is 0.826. The molecule has 0 aliphatic heterocycles. The summed E-state index contributed by atoms with van der Waals surface area (Å²) in [6.07, 6.45) is 0. The predicted octanol–water partition coefficient (Wildman–Crippen LogP) is 8.63. The maximum atomic E-state index is 6.41. The minimum atomic E-state index is 0.826. The third kappa shape index (κ3) is 2.53. The van der Waals surface area contributed by atoms with Crippen LogP contribution in [0.3, 0.4) is 0 Å². The molecule has 33 heavy (non-hydrogen) atoms. The van der Waals surface area contributed by atoms with Crippen LogP contribution in [0.4, 0.5) is 0 Å². The van der Waals surface area contributed by atoms with Gasteiger partial charge in [-0.2, -0.15) is 0 Å². The average Bonchev–Trinajstić information content (AvgIpc) is 3.39. The van der Waals surface area contributed by atoms with Crippen molar-refractivity contribution < 1.29 is 8.83 Å².